The summed E-state index contributed by atoms with van der Waals surface area (Å²) in [5.41, 5.74) is 5.75. The molecule has 1 atom stereocenters. The molecule has 3 heteroatoms. The summed E-state index contributed by atoms with van der Waals surface area (Å²) in [4.78, 5) is 4.37. The molecule has 0 radical (unpaired) electrons. The van der Waals surface area contributed by atoms with Crippen molar-refractivity contribution in [1.29, 1.82) is 0 Å². The lowest BCUT2D eigenvalue weighted by molar-refractivity contribution is 0.461. The Kier molecular flexibility index (Phi) is 8.15. The Morgan fingerprint density at radius 1 is 1.33 bits per heavy atom. The van der Waals surface area contributed by atoms with Crippen LogP contribution < -0.4 is 11.1 Å². The zero-order valence-corrected chi connectivity index (χ0v) is 10.7. The van der Waals surface area contributed by atoms with Crippen molar-refractivity contribution in [2.45, 2.75) is 59.4 Å². The first-order valence-corrected chi connectivity index (χ1v) is 6.16. The second-order valence-corrected chi connectivity index (χ2v) is 4.44. The molecule has 90 valence electrons. The van der Waals surface area contributed by atoms with E-state index in [-0.39, 0.29) is 0 Å². The van der Waals surface area contributed by atoms with Crippen LogP contribution >= 0.6 is 0 Å². The normalized spacial score (nSPS) is 14.3. The molecule has 0 aliphatic heterocycles. The van der Waals surface area contributed by atoms with E-state index in [1.54, 1.807) is 0 Å². The van der Waals surface area contributed by atoms with Gasteiger partial charge in [-0.1, -0.05) is 33.1 Å². The Morgan fingerprint density at radius 3 is 2.47 bits per heavy atom. The van der Waals surface area contributed by atoms with Crippen LogP contribution in [0.5, 0.6) is 0 Å². The van der Waals surface area contributed by atoms with Crippen molar-refractivity contribution in [2.75, 3.05) is 6.54 Å². The van der Waals surface area contributed by atoms with Crippen molar-refractivity contribution < 1.29 is 0 Å². The molecule has 0 heterocycles. The molecule has 0 aromatic carbocycles. The van der Waals surface area contributed by atoms with Gasteiger partial charge in [0.2, 0.25) is 0 Å². The van der Waals surface area contributed by atoms with E-state index in [1.165, 1.54) is 25.7 Å². The van der Waals surface area contributed by atoms with Gasteiger partial charge >= 0.3 is 0 Å². The summed E-state index contributed by atoms with van der Waals surface area (Å²) in [5.74, 6) is 1.28. The van der Waals surface area contributed by atoms with Gasteiger partial charge in [-0.2, -0.15) is 0 Å². The number of unbranched alkanes of at least 4 members (excludes halogenated alkanes) is 1. The molecule has 0 saturated heterocycles. The summed E-state index contributed by atoms with van der Waals surface area (Å²) >= 11 is 0. The number of nitrogens with one attached hydrogen (secondary N) is 1. The number of rotatable bonds is 7. The topological polar surface area (TPSA) is 50.4 Å². The smallest absolute Gasteiger partial charge is 0.188 e. The van der Waals surface area contributed by atoms with Crippen LogP contribution in [0.4, 0.5) is 0 Å². The fourth-order valence-corrected chi connectivity index (χ4v) is 1.49. The van der Waals surface area contributed by atoms with Gasteiger partial charge in [0.25, 0.3) is 0 Å². The minimum Gasteiger partial charge on any atom is -0.370 e. The maximum atomic E-state index is 5.75. The highest BCUT2D eigenvalue weighted by Gasteiger charge is 2.05. The van der Waals surface area contributed by atoms with E-state index in [0.29, 0.717) is 17.9 Å². The van der Waals surface area contributed by atoms with Gasteiger partial charge in [0.1, 0.15) is 0 Å². The van der Waals surface area contributed by atoms with Crippen molar-refractivity contribution in [2.24, 2.45) is 16.6 Å². The minimum atomic E-state index is 0.365. The summed E-state index contributed by atoms with van der Waals surface area (Å²) in [5, 5.41) is 3.11. The molecular weight excluding hydrogens is 186 g/mol. The molecule has 0 amide bonds. The second kappa shape index (κ2) is 8.57. The monoisotopic (exact) mass is 213 g/mol. The number of nitrogens with two attached hydrogens (primary N) is 1. The van der Waals surface area contributed by atoms with E-state index in [4.69, 9.17) is 5.73 Å². The van der Waals surface area contributed by atoms with Crippen molar-refractivity contribution in [3.63, 3.8) is 0 Å². The average Bonchev–Trinajstić information content (AvgIpc) is 2.17. The molecule has 0 saturated carbocycles. The molecule has 3 nitrogen and oxygen atoms in total. The van der Waals surface area contributed by atoms with Crippen LogP contribution in [0, 0.1) is 5.92 Å². The van der Waals surface area contributed by atoms with Crippen LogP contribution in [0.2, 0.25) is 0 Å². The van der Waals surface area contributed by atoms with E-state index in [9.17, 15) is 0 Å². The minimum absolute atomic E-state index is 0.365. The van der Waals surface area contributed by atoms with Gasteiger partial charge in [-0.3, -0.25) is 4.99 Å². The number of hydrogen-bond donors (Lipinski definition) is 2. The summed E-state index contributed by atoms with van der Waals surface area (Å²) < 4.78 is 0. The van der Waals surface area contributed by atoms with Gasteiger partial charge in [-0.05, 0) is 26.2 Å². The fourth-order valence-electron chi connectivity index (χ4n) is 1.49. The van der Waals surface area contributed by atoms with Gasteiger partial charge in [-0.15, -0.1) is 0 Å². The number of nitrogens with zero attached hydrogens (tertiary/aromatic N) is 1. The largest absolute Gasteiger partial charge is 0.370 e. The molecule has 3 N–H and O–H groups in total. The van der Waals surface area contributed by atoms with Crippen molar-refractivity contribution in [3.05, 3.63) is 0 Å². The van der Waals surface area contributed by atoms with Gasteiger partial charge in [0.15, 0.2) is 5.96 Å². The fraction of sp³-hybridized carbons (Fsp3) is 0.917. The first-order chi connectivity index (χ1) is 7.10. The highest BCUT2D eigenvalue weighted by Crippen LogP contribution is 2.12. The summed E-state index contributed by atoms with van der Waals surface area (Å²) in [7, 11) is 0. The van der Waals surface area contributed by atoms with Crippen LogP contribution in [0.1, 0.15) is 53.4 Å². The highest BCUT2D eigenvalue weighted by atomic mass is 15.1. The quantitative estimate of drug-likeness (QED) is 0.504. The van der Waals surface area contributed by atoms with Gasteiger partial charge in [0, 0.05) is 12.6 Å². The first kappa shape index (κ1) is 14.3. The van der Waals surface area contributed by atoms with Crippen molar-refractivity contribution in [3.8, 4) is 0 Å². The third-order valence-electron chi connectivity index (χ3n) is 2.50. The van der Waals surface area contributed by atoms with E-state index in [1.807, 2.05) is 0 Å². The zero-order chi connectivity index (χ0) is 11.7. The number of hydrogen-bond acceptors (Lipinski definition) is 1. The second-order valence-electron chi connectivity index (χ2n) is 4.44. The first-order valence-electron chi connectivity index (χ1n) is 6.16. The third kappa shape index (κ3) is 8.28. The lowest BCUT2D eigenvalue weighted by Crippen LogP contribution is -2.37. The molecule has 15 heavy (non-hydrogen) atoms. The lowest BCUT2D eigenvalue weighted by Gasteiger charge is -2.13. The van der Waals surface area contributed by atoms with E-state index >= 15 is 0 Å². The summed E-state index contributed by atoms with van der Waals surface area (Å²) in [6.07, 6.45) is 5.02. The van der Waals surface area contributed by atoms with E-state index in [0.717, 1.165) is 6.54 Å². The van der Waals surface area contributed by atoms with Crippen LogP contribution in [0.3, 0.4) is 0 Å². The Bertz CT molecular complexity index is 176. The van der Waals surface area contributed by atoms with Gasteiger partial charge < -0.3 is 11.1 Å². The Balaban J connectivity index is 3.85. The Hall–Kier alpha value is -0.730. The SMILES string of the molecule is CCCCC(CC)CN=C(N)NC(C)C. The van der Waals surface area contributed by atoms with Gasteiger partial charge in [0.05, 0.1) is 0 Å². The number of aliphatic imine (C=N–C) groups is 1. The molecule has 0 spiro atoms. The summed E-state index contributed by atoms with van der Waals surface area (Å²) in [6, 6.07) is 0.365. The predicted molar refractivity (Wildman–Crippen MR) is 68.1 cm³/mol. The molecule has 0 aromatic rings. The van der Waals surface area contributed by atoms with Crippen LogP contribution in [0.25, 0.3) is 0 Å². The molecule has 0 bridgehead atoms. The Morgan fingerprint density at radius 2 is 2.00 bits per heavy atom. The number of guanidine groups is 1. The van der Waals surface area contributed by atoms with Crippen LogP contribution in [-0.2, 0) is 0 Å². The molecule has 0 aromatic heterocycles. The molecule has 0 aliphatic carbocycles. The predicted octanol–water partition coefficient (Wildman–Crippen LogP) is 2.52. The molecular formula is C12H27N3. The van der Waals surface area contributed by atoms with Crippen LogP contribution in [0.15, 0.2) is 4.99 Å². The third-order valence-corrected chi connectivity index (χ3v) is 2.50. The lowest BCUT2D eigenvalue weighted by atomic mass is 10.00. The van der Waals surface area contributed by atoms with Gasteiger partial charge in [-0.25, -0.2) is 0 Å². The summed E-state index contributed by atoms with van der Waals surface area (Å²) in [6.45, 7) is 9.45. The molecule has 1 unspecified atom stereocenters. The maximum absolute atomic E-state index is 5.75. The Labute approximate surface area is 94.5 Å². The standard InChI is InChI=1S/C12H27N3/c1-5-7-8-11(6-2)9-14-12(13)15-10(3)4/h10-11H,5-9H2,1-4H3,(H3,13,14,15). The molecule has 0 fully saturated rings. The van der Waals surface area contributed by atoms with E-state index < -0.39 is 0 Å². The highest BCUT2D eigenvalue weighted by molar-refractivity contribution is 5.78. The zero-order valence-electron chi connectivity index (χ0n) is 10.7. The van der Waals surface area contributed by atoms with Crippen molar-refractivity contribution in [1.82, 2.24) is 5.32 Å². The molecule has 0 rings (SSSR count). The average molecular weight is 213 g/mol. The molecule has 0 aliphatic rings. The van der Waals surface area contributed by atoms with E-state index in [2.05, 4.69) is 38.0 Å². The maximum Gasteiger partial charge on any atom is 0.188 e. The van der Waals surface area contributed by atoms with Crippen molar-refractivity contribution >= 4 is 5.96 Å². The van der Waals surface area contributed by atoms with Crippen LogP contribution in [-0.4, -0.2) is 18.5 Å².